The van der Waals surface area contributed by atoms with Crippen LogP contribution in [0.1, 0.15) is 0 Å². The zero-order valence-electron chi connectivity index (χ0n) is 4.78. The maximum atomic E-state index is 4.77. The van der Waals surface area contributed by atoms with E-state index >= 15 is 0 Å². The smallest absolute Gasteiger partial charge is 0.261 e. The number of halogens is 1. The van der Waals surface area contributed by atoms with E-state index in [0.29, 0.717) is 10.4 Å². The van der Waals surface area contributed by atoms with Gasteiger partial charge in [-0.2, -0.15) is 4.98 Å². The minimum Gasteiger partial charge on any atom is -0.336 e. The summed E-state index contributed by atoms with van der Waals surface area (Å²) in [7, 11) is 0. The normalized spacial score (nSPS) is 10.5. The van der Waals surface area contributed by atoms with Crippen LogP contribution in [-0.2, 0) is 0 Å². The Bertz CT molecular complexity index is 358. The largest absolute Gasteiger partial charge is 0.336 e. The summed E-state index contributed by atoms with van der Waals surface area (Å²) >= 11 is 3.11. The average molecular weight is 200 g/mol. The Balaban J connectivity index is 2.86. The molecule has 0 fully saturated rings. The second-order valence-electron chi connectivity index (χ2n) is 1.73. The minimum atomic E-state index is 0.502. The lowest BCUT2D eigenvalue weighted by Crippen LogP contribution is -1.78. The molecule has 4 nitrogen and oxygen atoms in total. The molecule has 0 bridgehead atoms. The van der Waals surface area contributed by atoms with Crippen molar-refractivity contribution in [2.24, 2.45) is 0 Å². The van der Waals surface area contributed by atoms with Crippen molar-refractivity contribution in [1.82, 2.24) is 15.1 Å². The summed E-state index contributed by atoms with van der Waals surface area (Å²) < 4.78 is 5.28. The standard InChI is InChI=1S/C5H2BrN3O/c6-5-7-1-3-2-8-10-4(3)9-5/h1-2H. The van der Waals surface area contributed by atoms with Gasteiger partial charge in [0.1, 0.15) is 0 Å². The number of nitrogens with zero attached hydrogens (tertiary/aromatic N) is 3. The maximum absolute atomic E-state index is 4.77. The van der Waals surface area contributed by atoms with E-state index in [9.17, 15) is 0 Å². The summed E-state index contributed by atoms with van der Waals surface area (Å²) in [5.74, 6) is 0. The molecule has 0 amide bonds. The molecule has 0 aliphatic carbocycles. The van der Waals surface area contributed by atoms with E-state index in [2.05, 4.69) is 31.1 Å². The van der Waals surface area contributed by atoms with Gasteiger partial charge >= 0.3 is 0 Å². The molecule has 2 aromatic rings. The molecule has 0 atom stereocenters. The van der Waals surface area contributed by atoms with Crippen LogP contribution in [0.5, 0.6) is 0 Å². The van der Waals surface area contributed by atoms with Crippen molar-refractivity contribution in [1.29, 1.82) is 0 Å². The van der Waals surface area contributed by atoms with Crippen molar-refractivity contribution in [3.63, 3.8) is 0 Å². The molecule has 0 aromatic carbocycles. The Labute approximate surface area is 64.4 Å². The Morgan fingerprint density at radius 2 is 2.30 bits per heavy atom. The summed E-state index contributed by atoms with van der Waals surface area (Å²) in [6.45, 7) is 0. The Kier molecular flexibility index (Phi) is 1.17. The van der Waals surface area contributed by atoms with Gasteiger partial charge in [-0.05, 0) is 15.9 Å². The van der Waals surface area contributed by atoms with E-state index in [4.69, 9.17) is 4.52 Å². The van der Waals surface area contributed by atoms with Gasteiger partial charge in [-0.1, -0.05) is 5.16 Å². The van der Waals surface area contributed by atoms with Crippen molar-refractivity contribution in [3.05, 3.63) is 17.1 Å². The van der Waals surface area contributed by atoms with Crippen LogP contribution in [0.4, 0.5) is 0 Å². The van der Waals surface area contributed by atoms with Crippen LogP contribution in [0.15, 0.2) is 21.7 Å². The third-order valence-electron chi connectivity index (χ3n) is 1.08. The van der Waals surface area contributed by atoms with E-state index in [-0.39, 0.29) is 0 Å². The summed E-state index contributed by atoms with van der Waals surface area (Å²) in [5.41, 5.74) is 0.502. The van der Waals surface area contributed by atoms with Gasteiger partial charge in [0.05, 0.1) is 11.6 Å². The predicted octanol–water partition coefficient (Wildman–Crippen LogP) is 1.38. The van der Waals surface area contributed by atoms with Crippen LogP contribution in [-0.4, -0.2) is 15.1 Å². The zero-order chi connectivity index (χ0) is 6.97. The second-order valence-corrected chi connectivity index (χ2v) is 2.43. The monoisotopic (exact) mass is 199 g/mol. The third kappa shape index (κ3) is 0.786. The Morgan fingerprint density at radius 1 is 1.40 bits per heavy atom. The minimum absolute atomic E-state index is 0.502. The summed E-state index contributed by atoms with van der Waals surface area (Å²) in [6.07, 6.45) is 3.21. The predicted molar refractivity (Wildman–Crippen MR) is 37.3 cm³/mol. The molecular formula is C5H2BrN3O. The van der Waals surface area contributed by atoms with E-state index in [0.717, 1.165) is 5.39 Å². The van der Waals surface area contributed by atoms with Gasteiger partial charge in [0.15, 0.2) is 4.73 Å². The first-order valence-electron chi connectivity index (χ1n) is 2.59. The molecule has 0 N–H and O–H groups in total. The van der Waals surface area contributed by atoms with Crippen LogP contribution in [0.2, 0.25) is 0 Å². The van der Waals surface area contributed by atoms with Crippen LogP contribution in [0, 0.1) is 0 Å². The van der Waals surface area contributed by atoms with Gasteiger partial charge in [-0.25, -0.2) is 4.98 Å². The highest BCUT2D eigenvalue weighted by Crippen LogP contribution is 2.10. The number of hydrogen-bond donors (Lipinski definition) is 0. The fourth-order valence-corrected chi connectivity index (χ4v) is 0.913. The maximum Gasteiger partial charge on any atom is 0.261 e. The zero-order valence-corrected chi connectivity index (χ0v) is 6.37. The molecule has 2 heterocycles. The van der Waals surface area contributed by atoms with Crippen molar-refractivity contribution in [2.75, 3.05) is 0 Å². The van der Waals surface area contributed by atoms with Gasteiger partial charge in [0.2, 0.25) is 0 Å². The van der Waals surface area contributed by atoms with Crippen molar-refractivity contribution in [2.45, 2.75) is 0 Å². The molecule has 0 aliphatic rings. The van der Waals surface area contributed by atoms with E-state index in [1.165, 1.54) is 0 Å². The lowest BCUT2D eigenvalue weighted by molar-refractivity contribution is 0.448. The number of hydrogen-bond acceptors (Lipinski definition) is 4. The fourth-order valence-electron chi connectivity index (χ4n) is 0.650. The Hall–Kier alpha value is -0.970. The van der Waals surface area contributed by atoms with Crippen molar-refractivity contribution in [3.8, 4) is 0 Å². The van der Waals surface area contributed by atoms with Crippen molar-refractivity contribution < 1.29 is 4.52 Å². The van der Waals surface area contributed by atoms with Crippen LogP contribution < -0.4 is 0 Å². The molecule has 0 saturated carbocycles. The number of rotatable bonds is 0. The molecule has 0 radical (unpaired) electrons. The summed E-state index contributed by atoms with van der Waals surface area (Å²) in [6, 6.07) is 0. The van der Waals surface area contributed by atoms with E-state index < -0.39 is 0 Å². The molecule has 2 aromatic heterocycles. The van der Waals surface area contributed by atoms with Crippen LogP contribution in [0.3, 0.4) is 0 Å². The quantitative estimate of drug-likeness (QED) is 0.602. The fraction of sp³-hybridized carbons (Fsp3) is 0. The molecule has 0 aliphatic heterocycles. The highest BCUT2D eigenvalue weighted by atomic mass is 79.9. The molecule has 10 heavy (non-hydrogen) atoms. The highest BCUT2D eigenvalue weighted by Gasteiger charge is 1.99. The highest BCUT2D eigenvalue weighted by molar-refractivity contribution is 9.10. The Morgan fingerprint density at radius 3 is 3.20 bits per heavy atom. The molecule has 0 saturated heterocycles. The lowest BCUT2D eigenvalue weighted by Gasteiger charge is -1.84. The molecule has 50 valence electrons. The first-order valence-corrected chi connectivity index (χ1v) is 3.38. The van der Waals surface area contributed by atoms with E-state index in [1.54, 1.807) is 12.4 Å². The van der Waals surface area contributed by atoms with Gasteiger partial charge < -0.3 is 4.52 Å². The second kappa shape index (κ2) is 2.02. The number of fused-ring (bicyclic) bond motifs is 1. The first kappa shape index (κ1) is 5.79. The lowest BCUT2D eigenvalue weighted by atomic mass is 10.5. The summed E-state index contributed by atoms with van der Waals surface area (Å²) in [4.78, 5) is 7.80. The van der Waals surface area contributed by atoms with E-state index in [1.807, 2.05) is 0 Å². The van der Waals surface area contributed by atoms with Gasteiger partial charge in [-0.3, -0.25) is 0 Å². The van der Waals surface area contributed by atoms with Crippen LogP contribution >= 0.6 is 15.9 Å². The van der Waals surface area contributed by atoms with Crippen LogP contribution in [0.25, 0.3) is 11.1 Å². The van der Waals surface area contributed by atoms with Gasteiger partial charge in [0.25, 0.3) is 5.71 Å². The molecule has 0 spiro atoms. The SMILES string of the molecule is Brc1ncc2cnoc2n1. The number of aromatic nitrogens is 3. The third-order valence-corrected chi connectivity index (χ3v) is 1.46. The molecule has 2 rings (SSSR count). The molecule has 5 heteroatoms. The first-order chi connectivity index (χ1) is 4.86. The average Bonchev–Trinajstić information content (AvgIpc) is 2.33. The van der Waals surface area contributed by atoms with Crippen molar-refractivity contribution >= 4 is 27.0 Å². The van der Waals surface area contributed by atoms with Gasteiger partial charge in [-0.15, -0.1) is 0 Å². The topological polar surface area (TPSA) is 51.8 Å². The molecular weight excluding hydrogens is 198 g/mol. The molecule has 0 unspecified atom stereocenters. The summed E-state index contributed by atoms with van der Waals surface area (Å²) in [5, 5.41) is 4.35. The van der Waals surface area contributed by atoms with Gasteiger partial charge in [0, 0.05) is 6.20 Å².